The Bertz CT molecular complexity index is 814. The number of rotatable bonds is 51. The van der Waals surface area contributed by atoms with Crippen LogP contribution >= 0.6 is 0 Å². The summed E-state index contributed by atoms with van der Waals surface area (Å²) in [7, 11) is 0. The number of hydrogen-bond donors (Lipinski definition) is 3. The van der Waals surface area contributed by atoms with Crippen molar-refractivity contribution < 1.29 is 15.0 Å². The van der Waals surface area contributed by atoms with Crippen LogP contribution in [0.1, 0.15) is 316 Å². The SMILES string of the molecule is CCCCCCCCCCCCC/C=C/C(O)C(CO)NC(=O)CCCCCCCCCCCCCCCCCCCCCCCCCCCCCCCCCCCC. The Morgan fingerprint density at radius 1 is 0.390 bits per heavy atom. The minimum atomic E-state index is -0.834. The van der Waals surface area contributed by atoms with E-state index in [1.807, 2.05) is 6.08 Å². The monoisotopic (exact) mass is 832 g/mol. The number of carbonyl (C=O) groups excluding carboxylic acids is 1. The molecule has 4 nitrogen and oxygen atoms in total. The molecular weight excluding hydrogens is 723 g/mol. The summed E-state index contributed by atoms with van der Waals surface area (Å²) in [4.78, 5) is 12.4. The lowest BCUT2D eigenvalue weighted by Crippen LogP contribution is -2.45. The predicted octanol–water partition coefficient (Wildman–Crippen LogP) is 17.8. The molecule has 0 aliphatic rings. The fourth-order valence-corrected chi connectivity index (χ4v) is 8.83. The summed E-state index contributed by atoms with van der Waals surface area (Å²) >= 11 is 0. The Morgan fingerprint density at radius 3 is 0.881 bits per heavy atom. The highest BCUT2D eigenvalue weighted by molar-refractivity contribution is 5.76. The van der Waals surface area contributed by atoms with E-state index in [4.69, 9.17) is 0 Å². The molecule has 0 aromatic carbocycles. The molecule has 0 heterocycles. The third-order valence-electron chi connectivity index (χ3n) is 13.0. The quantitative estimate of drug-likeness (QED) is 0.0422. The molecule has 0 aromatic rings. The summed E-state index contributed by atoms with van der Waals surface area (Å²) in [6.45, 7) is 4.33. The lowest BCUT2D eigenvalue weighted by molar-refractivity contribution is -0.123. The number of hydrogen-bond acceptors (Lipinski definition) is 3. The number of carbonyl (C=O) groups is 1. The summed E-state index contributed by atoms with van der Waals surface area (Å²) in [6.07, 6.45) is 66.7. The van der Waals surface area contributed by atoms with Gasteiger partial charge in [-0.2, -0.15) is 0 Å². The van der Waals surface area contributed by atoms with E-state index in [0.717, 1.165) is 25.7 Å². The molecule has 0 spiro atoms. The van der Waals surface area contributed by atoms with Gasteiger partial charge in [0.05, 0.1) is 18.8 Å². The fourth-order valence-electron chi connectivity index (χ4n) is 8.83. The van der Waals surface area contributed by atoms with Crippen molar-refractivity contribution in [2.24, 2.45) is 0 Å². The first-order valence-electron chi connectivity index (χ1n) is 27.4. The van der Waals surface area contributed by atoms with Gasteiger partial charge in [-0.3, -0.25) is 4.79 Å². The van der Waals surface area contributed by atoms with Gasteiger partial charge in [-0.05, 0) is 19.3 Å². The van der Waals surface area contributed by atoms with Gasteiger partial charge in [0.15, 0.2) is 0 Å². The molecule has 0 radical (unpaired) electrons. The van der Waals surface area contributed by atoms with Gasteiger partial charge in [-0.1, -0.05) is 302 Å². The van der Waals surface area contributed by atoms with Crippen molar-refractivity contribution in [1.29, 1.82) is 0 Å². The van der Waals surface area contributed by atoms with E-state index in [1.54, 1.807) is 6.08 Å². The van der Waals surface area contributed by atoms with Gasteiger partial charge in [0.25, 0.3) is 0 Å². The van der Waals surface area contributed by atoms with Crippen LogP contribution in [0.15, 0.2) is 12.2 Å². The maximum Gasteiger partial charge on any atom is 0.220 e. The Hall–Kier alpha value is -0.870. The summed E-state index contributed by atoms with van der Waals surface area (Å²) in [5, 5.41) is 23.1. The molecule has 59 heavy (non-hydrogen) atoms. The van der Waals surface area contributed by atoms with Crippen LogP contribution in [0, 0.1) is 0 Å². The van der Waals surface area contributed by atoms with Crippen LogP contribution in [-0.4, -0.2) is 34.9 Å². The Kier molecular flexibility index (Phi) is 50.7. The molecule has 352 valence electrons. The van der Waals surface area contributed by atoms with Crippen LogP contribution in [0.4, 0.5) is 0 Å². The third-order valence-corrected chi connectivity index (χ3v) is 13.0. The minimum absolute atomic E-state index is 0.0576. The second-order valence-electron chi connectivity index (χ2n) is 19.0. The molecule has 0 bridgehead atoms. The van der Waals surface area contributed by atoms with Crippen molar-refractivity contribution in [3.05, 3.63) is 12.2 Å². The zero-order chi connectivity index (χ0) is 42.8. The molecule has 0 saturated carbocycles. The maximum absolute atomic E-state index is 12.4. The molecule has 3 N–H and O–H groups in total. The summed E-state index contributed by atoms with van der Waals surface area (Å²) in [5.74, 6) is -0.0576. The fraction of sp³-hybridized carbons (Fsp3) is 0.945. The minimum Gasteiger partial charge on any atom is -0.394 e. The van der Waals surface area contributed by atoms with Crippen LogP contribution in [0.2, 0.25) is 0 Å². The van der Waals surface area contributed by atoms with Crippen molar-refractivity contribution in [2.75, 3.05) is 6.61 Å². The van der Waals surface area contributed by atoms with Gasteiger partial charge in [0.1, 0.15) is 0 Å². The Morgan fingerprint density at radius 2 is 0.627 bits per heavy atom. The van der Waals surface area contributed by atoms with Crippen molar-refractivity contribution in [1.82, 2.24) is 5.32 Å². The summed E-state index contributed by atoms with van der Waals surface area (Å²) in [5.41, 5.74) is 0. The smallest absolute Gasteiger partial charge is 0.220 e. The molecular formula is C55H109NO3. The van der Waals surface area contributed by atoms with E-state index < -0.39 is 12.1 Å². The molecule has 2 atom stereocenters. The number of aliphatic hydroxyl groups excluding tert-OH is 2. The highest BCUT2D eigenvalue weighted by Gasteiger charge is 2.18. The number of amides is 1. The van der Waals surface area contributed by atoms with Gasteiger partial charge in [0, 0.05) is 6.42 Å². The molecule has 0 aliphatic heterocycles. The molecule has 1 amide bonds. The van der Waals surface area contributed by atoms with Crippen molar-refractivity contribution in [3.8, 4) is 0 Å². The van der Waals surface area contributed by atoms with E-state index in [2.05, 4.69) is 19.2 Å². The maximum atomic E-state index is 12.4. The molecule has 2 unspecified atom stereocenters. The van der Waals surface area contributed by atoms with Gasteiger partial charge in [0.2, 0.25) is 5.91 Å². The van der Waals surface area contributed by atoms with E-state index >= 15 is 0 Å². The lowest BCUT2D eigenvalue weighted by Gasteiger charge is -2.20. The first kappa shape index (κ1) is 58.1. The largest absolute Gasteiger partial charge is 0.394 e. The van der Waals surface area contributed by atoms with E-state index in [1.165, 1.54) is 270 Å². The van der Waals surface area contributed by atoms with Gasteiger partial charge in [-0.15, -0.1) is 0 Å². The average molecular weight is 832 g/mol. The van der Waals surface area contributed by atoms with Crippen LogP contribution < -0.4 is 5.32 Å². The first-order chi connectivity index (χ1) is 29.2. The number of allylic oxidation sites excluding steroid dienone is 1. The summed E-state index contributed by atoms with van der Waals surface area (Å²) < 4.78 is 0. The summed E-state index contributed by atoms with van der Waals surface area (Å²) in [6, 6.07) is -0.616. The number of aliphatic hydroxyl groups is 2. The number of nitrogens with one attached hydrogen (secondary N) is 1. The van der Waals surface area contributed by atoms with Gasteiger partial charge < -0.3 is 15.5 Å². The van der Waals surface area contributed by atoms with E-state index in [0.29, 0.717) is 6.42 Å². The van der Waals surface area contributed by atoms with E-state index in [9.17, 15) is 15.0 Å². The molecule has 4 heteroatoms. The highest BCUT2D eigenvalue weighted by atomic mass is 16.3. The lowest BCUT2D eigenvalue weighted by atomic mass is 10.0. The van der Waals surface area contributed by atoms with Gasteiger partial charge >= 0.3 is 0 Å². The van der Waals surface area contributed by atoms with Crippen LogP contribution in [-0.2, 0) is 4.79 Å². The van der Waals surface area contributed by atoms with Crippen molar-refractivity contribution in [2.45, 2.75) is 328 Å². The molecule has 0 rings (SSSR count). The topological polar surface area (TPSA) is 69.6 Å². The molecule has 0 aromatic heterocycles. The predicted molar refractivity (Wildman–Crippen MR) is 263 cm³/mol. The zero-order valence-corrected chi connectivity index (χ0v) is 40.6. The standard InChI is InChI=1S/C55H109NO3/c1-3-5-7-9-11-13-15-17-18-19-20-21-22-23-24-25-26-27-28-29-30-31-32-33-34-35-36-37-39-41-43-45-47-49-51-55(59)56-53(52-57)54(58)50-48-46-44-42-40-38-16-14-12-10-8-6-4-2/h48,50,53-54,57-58H,3-47,49,51-52H2,1-2H3,(H,56,59)/b50-48+. The second kappa shape index (κ2) is 51.5. The second-order valence-corrected chi connectivity index (χ2v) is 19.0. The van der Waals surface area contributed by atoms with Crippen molar-refractivity contribution in [3.63, 3.8) is 0 Å². The number of unbranched alkanes of at least 4 members (excludes halogenated alkanes) is 44. The van der Waals surface area contributed by atoms with Gasteiger partial charge in [-0.25, -0.2) is 0 Å². The molecule has 0 aliphatic carbocycles. The first-order valence-corrected chi connectivity index (χ1v) is 27.4. The molecule has 0 saturated heterocycles. The highest BCUT2D eigenvalue weighted by Crippen LogP contribution is 2.18. The van der Waals surface area contributed by atoms with Crippen LogP contribution in [0.5, 0.6) is 0 Å². The average Bonchev–Trinajstić information content (AvgIpc) is 3.24. The third kappa shape index (κ3) is 48.0. The van der Waals surface area contributed by atoms with Crippen LogP contribution in [0.25, 0.3) is 0 Å². The van der Waals surface area contributed by atoms with E-state index in [-0.39, 0.29) is 12.5 Å². The van der Waals surface area contributed by atoms with Crippen LogP contribution in [0.3, 0.4) is 0 Å². The van der Waals surface area contributed by atoms with Crippen molar-refractivity contribution >= 4 is 5.91 Å². The normalized spacial score (nSPS) is 12.8. The Balaban J connectivity index is 3.37. The molecule has 0 fully saturated rings. The zero-order valence-electron chi connectivity index (χ0n) is 40.6. The Labute approximate surface area is 371 Å².